The van der Waals surface area contributed by atoms with Crippen molar-refractivity contribution in [2.24, 2.45) is 0 Å². The monoisotopic (exact) mass is 255 g/mol. The molecule has 0 amide bonds. The quantitative estimate of drug-likeness (QED) is 0.580. The zero-order valence-electron chi connectivity index (χ0n) is 11.2. The number of aliphatic hydroxyl groups is 1. The molecule has 1 aromatic rings. The van der Waals surface area contributed by atoms with Crippen molar-refractivity contribution in [1.29, 1.82) is 0 Å². The summed E-state index contributed by atoms with van der Waals surface area (Å²) >= 11 is 0. The fourth-order valence-corrected chi connectivity index (χ4v) is 1.61. The molecule has 0 fully saturated rings. The van der Waals surface area contributed by atoms with Gasteiger partial charge < -0.3 is 15.2 Å². The molecule has 0 aliphatic rings. The van der Waals surface area contributed by atoms with Crippen molar-refractivity contribution in [3.63, 3.8) is 0 Å². The molecule has 0 aliphatic carbocycles. The lowest BCUT2D eigenvalue weighted by atomic mass is 10.3. The molecule has 2 N–H and O–H groups in total. The van der Waals surface area contributed by atoms with Crippen LogP contribution in [0.4, 0.5) is 0 Å². The minimum Gasteiger partial charge on any atom is -0.390 e. The Labute approximate surface area is 109 Å². The van der Waals surface area contributed by atoms with E-state index in [1.165, 1.54) is 6.42 Å². The average Bonchev–Trinajstić information content (AvgIpc) is 2.85. The highest BCUT2D eigenvalue weighted by Gasteiger charge is 2.04. The second-order valence-corrected chi connectivity index (χ2v) is 4.41. The Balaban J connectivity index is 1.88. The van der Waals surface area contributed by atoms with E-state index in [2.05, 4.69) is 17.3 Å². The Morgan fingerprint density at radius 3 is 2.94 bits per heavy atom. The maximum absolute atomic E-state index is 9.74. The van der Waals surface area contributed by atoms with Crippen LogP contribution >= 0.6 is 0 Å². The summed E-state index contributed by atoms with van der Waals surface area (Å²) in [6.45, 7) is 5.82. The lowest BCUT2D eigenvalue weighted by Crippen LogP contribution is -2.31. The molecule has 18 heavy (non-hydrogen) atoms. The number of hydrogen-bond donors (Lipinski definition) is 2. The second kappa shape index (κ2) is 10.1. The fraction of sp³-hybridized carbons (Fsp3) is 0.769. The third-order valence-electron chi connectivity index (χ3n) is 2.62. The molecule has 1 heterocycles. The first-order chi connectivity index (χ1) is 8.83. The molecule has 0 aliphatic heterocycles. The van der Waals surface area contributed by atoms with Gasteiger partial charge in [0.15, 0.2) is 0 Å². The predicted octanol–water partition coefficient (Wildman–Crippen LogP) is 1.04. The van der Waals surface area contributed by atoms with Gasteiger partial charge in [-0.1, -0.05) is 13.3 Å². The first-order valence-corrected chi connectivity index (χ1v) is 6.77. The van der Waals surface area contributed by atoms with E-state index in [4.69, 9.17) is 4.74 Å². The van der Waals surface area contributed by atoms with Crippen LogP contribution in [0, 0.1) is 0 Å². The second-order valence-electron chi connectivity index (χ2n) is 4.41. The van der Waals surface area contributed by atoms with Crippen molar-refractivity contribution in [2.75, 3.05) is 26.3 Å². The number of nitrogens with zero attached hydrogens (tertiary/aromatic N) is 2. The van der Waals surface area contributed by atoms with Crippen molar-refractivity contribution >= 4 is 0 Å². The van der Waals surface area contributed by atoms with Gasteiger partial charge in [0.05, 0.1) is 12.6 Å². The summed E-state index contributed by atoms with van der Waals surface area (Å²) in [7, 11) is 0. The van der Waals surface area contributed by atoms with E-state index in [1.54, 1.807) is 10.9 Å². The van der Waals surface area contributed by atoms with Crippen LogP contribution in [0.15, 0.2) is 18.5 Å². The van der Waals surface area contributed by atoms with Crippen molar-refractivity contribution in [2.45, 2.75) is 38.8 Å². The molecule has 5 nitrogen and oxygen atoms in total. The SMILES string of the molecule is CCCCOCCCNCC(O)Cn1cccn1. The van der Waals surface area contributed by atoms with E-state index < -0.39 is 6.10 Å². The van der Waals surface area contributed by atoms with Crippen LogP contribution in [-0.2, 0) is 11.3 Å². The van der Waals surface area contributed by atoms with Gasteiger partial charge in [0.1, 0.15) is 0 Å². The van der Waals surface area contributed by atoms with Gasteiger partial charge in [0, 0.05) is 32.2 Å². The average molecular weight is 255 g/mol. The summed E-state index contributed by atoms with van der Waals surface area (Å²) in [5.74, 6) is 0. The summed E-state index contributed by atoms with van der Waals surface area (Å²) in [6.07, 6.45) is 6.47. The summed E-state index contributed by atoms with van der Waals surface area (Å²) in [5, 5.41) is 17.0. The number of nitrogens with one attached hydrogen (secondary N) is 1. The summed E-state index contributed by atoms with van der Waals surface area (Å²) in [6, 6.07) is 1.85. The molecule has 0 aromatic carbocycles. The van der Waals surface area contributed by atoms with Gasteiger partial charge in [-0.05, 0) is 25.5 Å². The Hall–Kier alpha value is -0.910. The number of rotatable bonds is 11. The van der Waals surface area contributed by atoms with Gasteiger partial charge in [0.25, 0.3) is 0 Å². The smallest absolute Gasteiger partial charge is 0.0860 e. The Bertz CT molecular complexity index is 278. The molecule has 104 valence electrons. The maximum atomic E-state index is 9.74. The van der Waals surface area contributed by atoms with Gasteiger partial charge in [-0.25, -0.2) is 0 Å². The van der Waals surface area contributed by atoms with E-state index in [9.17, 15) is 5.11 Å². The van der Waals surface area contributed by atoms with E-state index in [1.807, 2.05) is 12.3 Å². The van der Waals surface area contributed by atoms with Crippen LogP contribution in [0.2, 0.25) is 0 Å². The fourth-order valence-electron chi connectivity index (χ4n) is 1.61. The largest absolute Gasteiger partial charge is 0.390 e. The highest BCUT2D eigenvalue weighted by atomic mass is 16.5. The highest BCUT2D eigenvalue weighted by Crippen LogP contribution is 1.91. The Kier molecular flexibility index (Phi) is 8.46. The first kappa shape index (κ1) is 15.1. The third kappa shape index (κ3) is 7.42. The van der Waals surface area contributed by atoms with Crippen LogP contribution in [-0.4, -0.2) is 47.3 Å². The first-order valence-electron chi connectivity index (χ1n) is 6.77. The molecule has 0 saturated carbocycles. The van der Waals surface area contributed by atoms with Crippen LogP contribution in [0.3, 0.4) is 0 Å². The summed E-state index contributed by atoms with van der Waals surface area (Å²) in [5.41, 5.74) is 0. The third-order valence-corrected chi connectivity index (χ3v) is 2.62. The van der Waals surface area contributed by atoms with E-state index in [0.29, 0.717) is 13.1 Å². The number of aromatic nitrogens is 2. The van der Waals surface area contributed by atoms with Crippen molar-refractivity contribution < 1.29 is 9.84 Å². The molecule has 5 heteroatoms. The van der Waals surface area contributed by atoms with Gasteiger partial charge >= 0.3 is 0 Å². The maximum Gasteiger partial charge on any atom is 0.0860 e. The van der Waals surface area contributed by atoms with E-state index in [-0.39, 0.29) is 0 Å². The molecule has 0 radical (unpaired) electrons. The number of aliphatic hydroxyl groups excluding tert-OH is 1. The Morgan fingerprint density at radius 2 is 2.22 bits per heavy atom. The zero-order valence-corrected chi connectivity index (χ0v) is 11.2. The van der Waals surface area contributed by atoms with Gasteiger partial charge in [-0.2, -0.15) is 5.10 Å². The normalized spacial score (nSPS) is 12.8. The summed E-state index contributed by atoms with van der Waals surface area (Å²) in [4.78, 5) is 0. The number of hydrogen-bond acceptors (Lipinski definition) is 4. The van der Waals surface area contributed by atoms with E-state index >= 15 is 0 Å². The Morgan fingerprint density at radius 1 is 1.39 bits per heavy atom. The molecule has 1 rings (SSSR count). The topological polar surface area (TPSA) is 59.3 Å². The molecule has 1 unspecified atom stereocenters. The number of unbranched alkanes of at least 4 members (excludes halogenated alkanes) is 1. The van der Waals surface area contributed by atoms with E-state index in [0.717, 1.165) is 32.6 Å². The number of ether oxygens (including phenoxy) is 1. The van der Waals surface area contributed by atoms with Crippen LogP contribution in [0.5, 0.6) is 0 Å². The van der Waals surface area contributed by atoms with Gasteiger partial charge in [0.2, 0.25) is 0 Å². The molecular weight excluding hydrogens is 230 g/mol. The minimum atomic E-state index is -0.397. The molecular formula is C13H25N3O2. The molecule has 0 spiro atoms. The minimum absolute atomic E-state index is 0.397. The highest BCUT2D eigenvalue weighted by molar-refractivity contribution is 4.78. The molecule has 1 atom stereocenters. The van der Waals surface area contributed by atoms with Crippen LogP contribution in [0.25, 0.3) is 0 Å². The van der Waals surface area contributed by atoms with Gasteiger partial charge in [-0.15, -0.1) is 0 Å². The van der Waals surface area contributed by atoms with Crippen LogP contribution < -0.4 is 5.32 Å². The van der Waals surface area contributed by atoms with Gasteiger partial charge in [-0.3, -0.25) is 4.68 Å². The summed E-state index contributed by atoms with van der Waals surface area (Å²) < 4.78 is 7.19. The molecule has 1 aromatic heterocycles. The lowest BCUT2D eigenvalue weighted by molar-refractivity contribution is 0.124. The zero-order chi connectivity index (χ0) is 13.1. The van der Waals surface area contributed by atoms with Crippen molar-refractivity contribution in [3.05, 3.63) is 18.5 Å². The predicted molar refractivity (Wildman–Crippen MR) is 71.4 cm³/mol. The molecule has 0 bridgehead atoms. The van der Waals surface area contributed by atoms with Crippen molar-refractivity contribution in [1.82, 2.24) is 15.1 Å². The molecule has 0 saturated heterocycles. The van der Waals surface area contributed by atoms with Crippen molar-refractivity contribution in [3.8, 4) is 0 Å². The standard InChI is InChI=1S/C13H25N3O2/c1-2-3-9-18-10-5-6-14-11-13(17)12-16-8-4-7-15-16/h4,7-8,13-14,17H,2-3,5-6,9-12H2,1H3. The van der Waals surface area contributed by atoms with Crippen LogP contribution in [0.1, 0.15) is 26.2 Å². The lowest BCUT2D eigenvalue weighted by Gasteiger charge is -2.11.